The monoisotopic (exact) mass is 318 g/mol. The molecule has 3 heteroatoms. The molecule has 1 atom stereocenters. The SMILES string of the molecule is O=C(N[C@@H]1CCNC1)C1=C\C=C/C=C(/C2=C\C=C/C=C\C=C2)C=C1. The summed E-state index contributed by atoms with van der Waals surface area (Å²) < 4.78 is 0. The van der Waals surface area contributed by atoms with Gasteiger partial charge in [0, 0.05) is 18.2 Å². The Hall–Kier alpha value is -2.65. The van der Waals surface area contributed by atoms with Crippen molar-refractivity contribution in [1.29, 1.82) is 0 Å². The van der Waals surface area contributed by atoms with Crippen LogP contribution in [0.1, 0.15) is 6.42 Å². The molecular formula is C21H22N2O. The van der Waals surface area contributed by atoms with Crippen molar-refractivity contribution in [2.45, 2.75) is 12.5 Å². The van der Waals surface area contributed by atoms with Crippen molar-refractivity contribution in [1.82, 2.24) is 10.6 Å². The summed E-state index contributed by atoms with van der Waals surface area (Å²) in [4.78, 5) is 12.4. The zero-order chi connectivity index (χ0) is 16.6. The lowest BCUT2D eigenvalue weighted by Gasteiger charge is -2.12. The molecular weight excluding hydrogens is 296 g/mol. The second kappa shape index (κ2) is 8.27. The molecule has 0 unspecified atom stereocenters. The van der Waals surface area contributed by atoms with Crippen LogP contribution in [0, 0.1) is 0 Å². The topological polar surface area (TPSA) is 41.1 Å². The van der Waals surface area contributed by atoms with Gasteiger partial charge in [0.15, 0.2) is 0 Å². The van der Waals surface area contributed by atoms with Crippen LogP contribution < -0.4 is 10.6 Å². The molecule has 122 valence electrons. The van der Waals surface area contributed by atoms with Crippen molar-refractivity contribution in [3.63, 3.8) is 0 Å². The smallest absolute Gasteiger partial charge is 0.251 e. The second-order valence-corrected chi connectivity index (χ2v) is 5.88. The Morgan fingerprint density at radius 3 is 2.42 bits per heavy atom. The molecule has 0 spiro atoms. The van der Waals surface area contributed by atoms with Gasteiger partial charge in [0.2, 0.25) is 0 Å². The zero-order valence-electron chi connectivity index (χ0n) is 13.6. The predicted molar refractivity (Wildman–Crippen MR) is 99.4 cm³/mol. The average molecular weight is 318 g/mol. The first-order valence-corrected chi connectivity index (χ1v) is 8.33. The molecule has 1 heterocycles. The van der Waals surface area contributed by atoms with Gasteiger partial charge < -0.3 is 10.6 Å². The highest BCUT2D eigenvalue weighted by molar-refractivity contribution is 5.97. The standard InChI is InChI=1S/C21H22N2O/c24-21(23-20-14-15-22-16-20)19-11-7-6-10-18(12-13-19)17-8-4-2-1-3-5-9-17/h1-13,20,22H,14-16H2,(H,23,24)/b2-1-,3-1?,4-2?,5-3-,7-6-,8-4?,9-5?,10-6?,11-7?,13-12?,17-8?,17-9-,18-10+,18-12?,19-11?,19-13?/t20-/m1/s1. The number of amides is 1. The van der Waals surface area contributed by atoms with Crippen LogP contribution in [-0.4, -0.2) is 25.0 Å². The predicted octanol–water partition coefficient (Wildman–Crippen LogP) is 3.05. The Kier molecular flexibility index (Phi) is 5.59. The van der Waals surface area contributed by atoms with Gasteiger partial charge in [-0.2, -0.15) is 0 Å². The van der Waals surface area contributed by atoms with E-state index in [9.17, 15) is 4.79 Å². The lowest BCUT2D eigenvalue weighted by molar-refractivity contribution is -0.117. The molecule has 0 aromatic carbocycles. The molecule has 0 radical (unpaired) electrons. The third kappa shape index (κ3) is 4.43. The van der Waals surface area contributed by atoms with Crippen LogP contribution in [0.4, 0.5) is 0 Å². The van der Waals surface area contributed by atoms with Crippen molar-refractivity contribution in [3.05, 3.63) is 95.7 Å². The number of rotatable bonds is 3. The van der Waals surface area contributed by atoms with Crippen LogP contribution >= 0.6 is 0 Å². The number of hydrogen-bond acceptors (Lipinski definition) is 2. The molecule has 0 saturated carbocycles. The van der Waals surface area contributed by atoms with E-state index in [0.717, 1.165) is 30.7 Å². The first kappa shape index (κ1) is 16.2. The highest BCUT2D eigenvalue weighted by Gasteiger charge is 2.17. The van der Waals surface area contributed by atoms with E-state index in [-0.39, 0.29) is 11.9 Å². The summed E-state index contributed by atoms with van der Waals surface area (Å²) in [5.74, 6) is -0.0177. The molecule has 3 rings (SSSR count). The Morgan fingerprint density at radius 1 is 0.875 bits per heavy atom. The summed E-state index contributed by atoms with van der Waals surface area (Å²) in [7, 11) is 0. The molecule has 2 N–H and O–H groups in total. The minimum atomic E-state index is -0.0177. The number of allylic oxidation sites excluding steroid dienone is 14. The highest BCUT2D eigenvalue weighted by atomic mass is 16.1. The van der Waals surface area contributed by atoms with Gasteiger partial charge in [0.25, 0.3) is 5.91 Å². The normalized spacial score (nSPS) is 31.2. The van der Waals surface area contributed by atoms with E-state index < -0.39 is 0 Å². The van der Waals surface area contributed by atoms with Crippen molar-refractivity contribution in [2.75, 3.05) is 13.1 Å². The van der Waals surface area contributed by atoms with Crippen LogP contribution in [0.15, 0.2) is 95.7 Å². The highest BCUT2D eigenvalue weighted by Crippen LogP contribution is 2.18. The number of nitrogens with one attached hydrogen (secondary N) is 2. The van der Waals surface area contributed by atoms with Crippen LogP contribution in [0.3, 0.4) is 0 Å². The van der Waals surface area contributed by atoms with Gasteiger partial charge in [-0.05, 0) is 36.3 Å². The van der Waals surface area contributed by atoms with E-state index in [4.69, 9.17) is 0 Å². The summed E-state index contributed by atoms with van der Waals surface area (Å²) in [6.07, 6.45) is 26.8. The fraction of sp³-hybridized carbons (Fsp3) is 0.190. The van der Waals surface area contributed by atoms with E-state index >= 15 is 0 Å². The van der Waals surface area contributed by atoms with Crippen LogP contribution in [-0.2, 0) is 4.79 Å². The van der Waals surface area contributed by atoms with Gasteiger partial charge in [-0.25, -0.2) is 0 Å². The maximum Gasteiger partial charge on any atom is 0.251 e. The third-order valence-electron chi connectivity index (χ3n) is 4.09. The van der Waals surface area contributed by atoms with Gasteiger partial charge in [0.05, 0.1) is 0 Å². The largest absolute Gasteiger partial charge is 0.348 e. The Morgan fingerprint density at radius 2 is 1.58 bits per heavy atom. The maximum atomic E-state index is 12.4. The van der Waals surface area contributed by atoms with Gasteiger partial charge in [-0.1, -0.05) is 66.8 Å². The van der Waals surface area contributed by atoms with E-state index in [1.54, 1.807) is 0 Å². The van der Waals surface area contributed by atoms with Crippen molar-refractivity contribution in [3.8, 4) is 0 Å². The molecule has 0 aromatic rings. The van der Waals surface area contributed by atoms with Gasteiger partial charge >= 0.3 is 0 Å². The second-order valence-electron chi connectivity index (χ2n) is 5.88. The number of carbonyl (C=O) groups excluding carboxylic acids is 1. The maximum absolute atomic E-state index is 12.4. The summed E-state index contributed by atoms with van der Waals surface area (Å²) in [5.41, 5.74) is 2.86. The molecule has 1 amide bonds. The molecule has 2 aliphatic carbocycles. The number of hydrogen-bond donors (Lipinski definition) is 2. The Balaban J connectivity index is 1.73. The molecule has 24 heavy (non-hydrogen) atoms. The summed E-state index contributed by atoms with van der Waals surface area (Å²) in [5, 5.41) is 6.35. The van der Waals surface area contributed by atoms with Crippen LogP contribution in [0.5, 0.6) is 0 Å². The fourth-order valence-corrected chi connectivity index (χ4v) is 2.76. The summed E-state index contributed by atoms with van der Waals surface area (Å²) >= 11 is 0. The van der Waals surface area contributed by atoms with Crippen molar-refractivity contribution < 1.29 is 4.79 Å². The fourth-order valence-electron chi connectivity index (χ4n) is 2.76. The van der Waals surface area contributed by atoms with Crippen LogP contribution in [0.2, 0.25) is 0 Å². The Labute approximate surface area is 143 Å². The third-order valence-corrected chi connectivity index (χ3v) is 4.09. The van der Waals surface area contributed by atoms with E-state index in [0.29, 0.717) is 5.57 Å². The quantitative estimate of drug-likeness (QED) is 0.840. The van der Waals surface area contributed by atoms with Crippen molar-refractivity contribution >= 4 is 5.91 Å². The molecule has 1 fully saturated rings. The van der Waals surface area contributed by atoms with Crippen LogP contribution in [0.25, 0.3) is 0 Å². The summed E-state index contributed by atoms with van der Waals surface area (Å²) in [6.45, 7) is 1.82. The summed E-state index contributed by atoms with van der Waals surface area (Å²) in [6, 6.07) is 0.226. The zero-order valence-corrected chi connectivity index (χ0v) is 13.6. The van der Waals surface area contributed by atoms with E-state index in [1.807, 2.05) is 60.8 Å². The number of carbonyl (C=O) groups is 1. The van der Waals surface area contributed by atoms with Gasteiger partial charge in [0.1, 0.15) is 0 Å². The molecule has 1 saturated heterocycles. The first-order valence-electron chi connectivity index (χ1n) is 8.33. The minimum absolute atomic E-state index is 0.0177. The van der Waals surface area contributed by atoms with Crippen molar-refractivity contribution in [2.24, 2.45) is 0 Å². The lowest BCUT2D eigenvalue weighted by Crippen LogP contribution is -2.36. The average Bonchev–Trinajstić information content (AvgIpc) is 3.01. The van der Waals surface area contributed by atoms with E-state index in [1.165, 1.54) is 0 Å². The Bertz CT molecular complexity index is 721. The molecule has 0 bridgehead atoms. The molecule has 3 aliphatic rings. The molecule has 1 aliphatic heterocycles. The molecule has 0 aromatic heterocycles. The van der Waals surface area contributed by atoms with E-state index in [2.05, 4.69) is 28.9 Å². The van der Waals surface area contributed by atoms with Gasteiger partial charge in [-0.15, -0.1) is 0 Å². The van der Waals surface area contributed by atoms with Gasteiger partial charge in [-0.3, -0.25) is 4.79 Å². The minimum Gasteiger partial charge on any atom is -0.348 e. The first-order chi connectivity index (χ1) is 11.8. The lowest BCUT2D eigenvalue weighted by atomic mass is 10.00. The molecule has 3 nitrogen and oxygen atoms in total.